The zero-order chi connectivity index (χ0) is 30.9. The lowest BCUT2D eigenvalue weighted by Crippen LogP contribution is -2.46. The van der Waals surface area contributed by atoms with Crippen molar-refractivity contribution < 1.29 is 18.4 Å². The number of benzene rings is 3. The summed E-state index contributed by atoms with van der Waals surface area (Å²) in [6.45, 7) is 11.9. The Balaban J connectivity index is 1.46. The normalized spacial score (nSPS) is 22.9. The average Bonchev–Trinajstić information content (AvgIpc) is 3.30. The van der Waals surface area contributed by atoms with Gasteiger partial charge in [0.15, 0.2) is 0 Å². The van der Waals surface area contributed by atoms with Gasteiger partial charge in [0.25, 0.3) is 5.91 Å². The molecule has 43 heavy (non-hydrogen) atoms. The molecule has 2 saturated heterocycles. The minimum Gasteiger partial charge on any atom is -0.331 e. The Bertz CT molecular complexity index is 1460. The Morgan fingerprint density at radius 1 is 1.02 bits per heavy atom. The summed E-state index contributed by atoms with van der Waals surface area (Å²) in [5.74, 6) is -1.66. The fourth-order valence-corrected chi connectivity index (χ4v) is 6.48. The first-order valence-corrected chi connectivity index (χ1v) is 15.3. The second kappa shape index (κ2) is 12.2. The van der Waals surface area contributed by atoms with Gasteiger partial charge in [-0.15, -0.1) is 0 Å². The molecule has 2 fully saturated rings. The number of hydrogen-bond donors (Lipinski definition) is 1. The second-order valence-corrected chi connectivity index (χ2v) is 13.6. The van der Waals surface area contributed by atoms with Gasteiger partial charge in [0.05, 0.1) is 17.5 Å². The summed E-state index contributed by atoms with van der Waals surface area (Å²) in [5, 5.41) is 3.12. The Labute approximate surface area is 254 Å². The lowest BCUT2D eigenvalue weighted by atomic mass is 9.82. The molecule has 0 aromatic heterocycles. The number of anilines is 1. The molecule has 5 rings (SSSR count). The van der Waals surface area contributed by atoms with E-state index in [1.165, 1.54) is 6.07 Å². The lowest BCUT2D eigenvalue weighted by Gasteiger charge is -2.41. The zero-order valence-corrected chi connectivity index (χ0v) is 25.9. The number of alkyl halides is 1. The van der Waals surface area contributed by atoms with Gasteiger partial charge in [-0.05, 0) is 79.0 Å². The zero-order valence-electron chi connectivity index (χ0n) is 25.9. The van der Waals surface area contributed by atoms with Gasteiger partial charge < -0.3 is 10.2 Å². The minimum absolute atomic E-state index is 0.0476. The first-order valence-electron chi connectivity index (χ1n) is 15.3. The van der Waals surface area contributed by atoms with Crippen LogP contribution in [0.5, 0.6) is 0 Å². The second-order valence-electron chi connectivity index (χ2n) is 13.6. The van der Waals surface area contributed by atoms with Crippen molar-refractivity contribution in [3.8, 4) is 0 Å². The Hall–Kier alpha value is -3.58. The van der Waals surface area contributed by atoms with Crippen molar-refractivity contribution in [2.75, 3.05) is 25.0 Å². The van der Waals surface area contributed by atoms with Crippen molar-refractivity contribution in [3.63, 3.8) is 0 Å². The van der Waals surface area contributed by atoms with Gasteiger partial charge in [-0.1, -0.05) is 69.3 Å². The third kappa shape index (κ3) is 6.98. The Kier molecular flexibility index (Phi) is 8.75. The van der Waals surface area contributed by atoms with E-state index >= 15 is 4.39 Å². The SMILES string of the molecule is Cc1cccc(F)c1C(=O)N1CCC[C@H](C(=O)Nc2cccc(C(C)(C)C)c2)[C@@H]1c1ccc(CN2CCC(C)(F)C2)cc1. The maximum absolute atomic E-state index is 15.0. The smallest absolute Gasteiger partial charge is 0.257 e. The molecule has 0 radical (unpaired) electrons. The number of nitrogens with zero attached hydrogens (tertiary/aromatic N) is 2. The number of aryl methyl sites for hydroxylation is 1. The van der Waals surface area contributed by atoms with Crippen LogP contribution in [0.4, 0.5) is 14.5 Å². The maximum Gasteiger partial charge on any atom is 0.257 e. The number of carbonyl (C=O) groups excluding carboxylic acids is 2. The van der Waals surface area contributed by atoms with Crippen LogP contribution in [0.1, 0.15) is 85.6 Å². The van der Waals surface area contributed by atoms with E-state index in [-0.39, 0.29) is 16.9 Å². The number of amides is 2. The van der Waals surface area contributed by atoms with Crippen molar-refractivity contribution in [2.45, 2.75) is 77.6 Å². The van der Waals surface area contributed by atoms with E-state index in [4.69, 9.17) is 0 Å². The highest BCUT2D eigenvalue weighted by Crippen LogP contribution is 2.39. The van der Waals surface area contributed by atoms with E-state index < -0.39 is 29.4 Å². The predicted molar refractivity (Wildman–Crippen MR) is 167 cm³/mol. The fourth-order valence-electron chi connectivity index (χ4n) is 6.48. The summed E-state index contributed by atoms with van der Waals surface area (Å²) in [6, 6.07) is 19.9. The van der Waals surface area contributed by atoms with Crippen LogP contribution in [0.3, 0.4) is 0 Å². The van der Waals surface area contributed by atoms with Crippen LogP contribution in [0.2, 0.25) is 0 Å². The molecule has 3 aromatic rings. The first kappa shape index (κ1) is 30.9. The standard InChI is InChI=1S/C36H43F2N3O2/c1-24-9-6-13-30(37)31(24)34(43)41-19-8-12-29(33(42)39-28-11-7-10-27(21-28)35(2,3)4)32(41)26-16-14-25(15-17-26)22-40-20-18-36(5,38)23-40/h6-7,9-11,13-17,21,29,32H,8,12,18-20,22-23H2,1-5H3,(H,39,42)/t29-,32-,36?/m0/s1. The van der Waals surface area contributed by atoms with Crippen LogP contribution in [0.25, 0.3) is 0 Å². The highest BCUT2D eigenvalue weighted by atomic mass is 19.1. The van der Waals surface area contributed by atoms with Crippen LogP contribution >= 0.6 is 0 Å². The van der Waals surface area contributed by atoms with Gasteiger partial charge in [-0.3, -0.25) is 14.5 Å². The lowest BCUT2D eigenvalue weighted by molar-refractivity contribution is -0.123. The minimum atomic E-state index is -1.17. The number of piperidine rings is 1. The average molecular weight is 588 g/mol. The molecule has 2 aliphatic rings. The largest absolute Gasteiger partial charge is 0.331 e. The van der Waals surface area contributed by atoms with Crippen LogP contribution in [0.15, 0.2) is 66.7 Å². The quantitative estimate of drug-likeness (QED) is 0.323. The fraction of sp³-hybridized carbons (Fsp3) is 0.444. The molecule has 2 aliphatic heterocycles. The number of nitrogens with one attached hydrogen (secondary N) is 1. The van der Waals surface area contributed by atoms with Gasteiger partial charge in [0.2, 0.25) is 5.91 Å². The van der Waals surface area contributed by atoms with Crippen LogP contribution in [-0.4, -0.2) is 46.9 Å². The number of carbonyl (C=O) groups is 2. The molecule has 7 heteroatoms. The molecule has 228 valence electrons. The topological polar surface area (TPSA) is 52.7 Å². The van der Waals surface area contributed by atoms with Crippen molar-refractivity contribution in [1.29, 1.82) is 0 Å². The van der Waals surface area contributed by atoms with Crippen LogP contribution < -0.4 is 5.32 Å². The van der Waals surface area contributed by atoms with Crippen LogP contribution in [0, 0.1) is 18.7 Å². The summed E-state index contributed by atoms with van der Waals surface area (Å²) in [5.41, 5.74) is 3.06. The Morgan fingerprint density at radius 2 is 1.74 bits per heavy atom. The summed E-state index contributed by atoms with van der Waals surface area (Å²) in [7, 11) is 0. The van der Waals surface area contributed by atoms with Crippen molar-refractivity contribution in [3.05, 3.63) is 100 Å². The molecule has 0 aliphatic carbocycles. The third-order valence-corrected chi connectivity index (χ3v) is 8.89. The molecule has 3 aromatic carbocycles. The molecule has 3 atom stereocenters. The van der Waals surface area contributed by atoms with Crippen molar-refractivity contribution >= 4 is 17.5 Å². The molecule has 5 nitrogen and oxygen atoms in total. The summed E-state index contributed by atoms with van der Waals surface area (Å²) < 4.78 is 29.4. The molecule has 0 spiro atoms. The summed E-state index contributed by atoms with van der Waals surface area (Å²) >= 11 is 0. The highest BCUT2D eigenvalue weighted by Gasteiger charge is 2.41. The summed E-state index contributed by atoms with van der Waals surface area (Å²) in [4.78, 5) is 31.7. The predicted octanol–water partition coefficient (Wildman–Crippen LogP) is 7.60. The number of rotatable bonds is 6. The third-order valence-electron chi connectivity index (χ3n) is 8.89. The van der Waals surface area contributed by atoms with Gasteiger partial charge in [0, 0.05) is 31.9 Å². The van der Waals surface area contributed by atoms with E-state index in [0.29, 0.717) is 56.7 Å². The molecular formula is C36H43F2N3O2. The first-order chi connectivity index (χ1) is 20.3. The number of halogens is 2. The number of likely N-dealkylation sites (tertiary alicyclic amines) is 2. The van der Waals surface area contributed by atoms with Gasteiger partial charge in [-0.2, -0.15) is 0 Å². The van der Waals surface area contributed by atoms with Crippen molar-refractivity contribution in [2.24, 2.45) is 5.92 Å². The molecular weight excluding hydrogens is 544 g/mol. The highest BCUT2D eigenvalue weighted by molar-refractivity contribution is 5.98. The molecule has 1 N–H and O–H groups in total. The summed E-state index contributed by atoms with van der Waals surface area (Å²) in [6.07, 6.45) is 1.75. The monoisotopic (exact) mass is 587 g/mol. The number of hydrogen-bond acceptors (Lipinski definition) is 3. The van der Waals surface area contributed by atoms with Crippen LogP contribution in [-0.2, 0) is 16.8 Å². The van der Waals surface area contributed by atoms with E-state index in [1.807, 2.05) is 48.5 Å². The molecule has 0 saturated carbocycles. The van der Waals surface area contributed by atoms with E-state index in [0.717, 1.165) is 16.7 Å². The Morgan fingerprint density at radius 3 is 2.40 bits per heavy atom. The van der Waals surface area contributed by atoms with Gasteiger partial charge >= 0.3 is 0 Å². The molecule has 2 amide bonds. The van der Waals surface area contributed by atoms with Crippen molar-refractivity contribution in [1.82, 2.24) is 9.80 Å². The molecule has 1 unspecified atom stereocenters. The maximum atomic E-state index is 15.0. The van der Waals surface area contributed by atoms with E-state index in [9.17, 15) is 14.0 Å². The van der Waals surface area contributed by atoms with Gasteiger partial charge in [-0.25, -0.2) is 8.78 Å². The van der Waals surface area contributed by atoms with E-state index in [2.05, 4.69) is 31.0 Å². The van der Waals surface area contributed by atoms with Gasteiger partial charge in [0.1, 0.15) is 11.5 Å². The molecule has 0 bridgehead atoms. The molecule has 2 heterocycles. The van der Waals surface area contributed by atoms with E-state index in [1.54, 1.807) is 30.9 Å².